The van der Waals surface area contributed by atoms with Gasteiger partial charge >= 0.3 is 0 Å². The van der Waals surface area contributed by atoms with Crippen LogP contribution >= 0.6 is 0 Å². The summed E-state index contributed by atoms with van der Waals surface area (Å²) in [5, 5.41) is 5.20. The van der Waals surface area contributed by atoms with E-state index < -0.39 is 23.2 Å². The summed E-state index contributed by atoms with van der Waals surface area (Å²) in [7, 11) is 3.95. The van der Waals surface area contributed by atoms with Crippen LogP contribution in [0.15, 0.2) is 30.5 Å². The number of anilines is 2. The van der Waals surface area contributed by atoms with Gasteiger partial charge in [0.25, 0.3) is 5.91 Å². The molecule has 1 heterocycles. The van der Waals surface area contributed by atoms with Crippen molar-refractivity contribution in [3.8, 4) is 0 Å². The average molecular weight is 335 g/mol. The third-order valence-electron chi connectivity index (χ3n) is 3.15. The summed E-state index contributed by atoms with van der Waals surface area (Å²) in [6.45, 7) is 1.55. The van der Waals surface area contributed by atoms with Crippen LogP contribution < -0.4 is 10.6 Å². The van der Waals surface area contributed by atoms with Crippen molar-refractivity contribution in [3.05, 3.63) is 47.8 Å². The summed E-state index contributed by atoms with van der Waals surface area (Å²) in [5.74, 6) is -2.12. The van der Waals surface area contributed by atoms with Crippen LogP contribution in [0, 0.1) is 11.6 Å². The van der Waals surface area contributed by atoms with E-state index in [2.05, 4.69) is 25.5 Å². The Labute approximate surface area is 138 Å². The summed E-state index contributed by atoms with van der Waals surface area (Å²) in [4.78, 5) is 22.2. The van der Waals surface area contributed by atoms with Crippen molar-refractivity contribution in [1.82, 2.24) is 14.9 Å². The molecule has 0 radical (unpaired) electrons. The molecule has 0 spiro atoms. The Morgan fingerprint density at radius 1 is 1.21 bits per heavy atom. The molecule has 8 heteroatoms. The number of carbonyl (C=O) groups is 1. The highest BCUT2D eigenvalue weighted by Gasteiger charge is 2.15. The molecule has 1 aromatic heterocycles. The lowest BCUT2D eigenvalue weighted by atomic mass is 10.2. The van der Waals surface area contributed by atoms with Gasteiger partial charge in [-0.3, -0.25) is 4.79 Å². The Morgan fingerprint density at radius 3 is 2.58 bits per heavy atom. The van der Waals surface area contributed by atoms with Crippen LogP contribution in [0.2, 0.25) is 0 Å². The van der Waals surface area contributed by atoms with Gasteiger partial charge in [0, 0.05) is 12.7 Å². The number of carbonyl (C=O) groups excluding carboxylic acids is 1. The van der Waals surface area contributed by atoms with Crippen LogP contribution in [0.4, 0.5) is 20.4 Å². The number of halogens is 2. The number of rotatable bonds is 7. The standard InChI is InChI=1S/C16H19F2N5O/c1-23(2)10-4-8-19-16-20-9-7-13(21-16)15(24)22-14-11(17)5-3-6-12(14)18/h3,5-7,9H,4,8,10H2,1-2H3,(H,22,24)(H,19,20,21). The Morgan fingerprint density at radius 2 is 1.92 bits per heavy atom. The molecule has 2 rings (SSSR count). The van der Waals surface area contributed by atoms with Gasteiger partial charge in [-0.25, -0.2) is 18.7 Å². The number of hydrogen-bond donors (Lipinski definition) is 2. The molecular weight excluding hydrogens is 316 g/mol. The van der Waals surface area contributed by atoms with Crippen molar-refractivity contribution in [1.29, 1.82) is 0 Å². The topological polar surface area (TPSA) is 70.2 Å². The lowest BCUT2D eigenvalue weighted by molar-refractivity contribution is 0.102. The molecule has 2 aromatic rings. The van der Waals surface area contributed by atoms with Gasteiger partial charge in [-0.05, 0) is 45.3 Å². The Bertz CT molecular complexity index is 688. The molecule has 6 nitrogen and oxygen atoms in total. The molecule has 0 saturated carbocycles. The molecule has 0 bridgehead atoms. The summed E-state index contributed by atoms with van der Waals surface area (Å²) in [5.41, 5.74) is -0.482. The van der Waals surface area contributed by atoms with Gasteiger partial charge in [0.1, 0.15) is 23.0 Å². The number of amides is 1. The fraction of sp³-hybridized carbons (Fsp3) is 0.312. The Hall–Kier alpha value is -2.61. The van der Waals surface area contributed by atoms with E-state index in [1.807, 2.05) is 14.1 Å². The fourth-order valence-electron chi connectivity index (χ4n) is 1.96. The maximum Gasteiger partial charge on any atom is 0.274 e. The smallest absolute Gasteiger partial charge is 0.274 e. The molecule has 0 unspecified atom stereocenters. The number of para-hydroxylation sites is 1. The minimum Gasteiger partial charge on any atom is -0.354 e. The highest BCUT2D eigenvalue weighted by molar-refractivity contribution is 6.03. The third kappa shape index (κ3) is 4.95. The molecule has 0 fully saturated rings. The summed E-state index contributed by atoms with van der Waals surface area (Å²) >= 11 is 0. The van der Waals surface area contributed by atoms with E-state index in [9.17, 15) is 13.6 Å². The Kier molecular flexibility index (Phi) is 6.14. The van der Waals surface area contributed by atoms with Gasteiger partial charge in [0.15, 0.2) is 0 Å². The van der Waals surface area contributed by atoms with E-state index in [-0.39, 0.29) is 11.6 Å². The molecule has 0 atom stereocenters. The maximum atomic E-state index is 13.6. The predicted octanol–water partition coefficient (Wildman–Crippen LogP) is 2.37. The molecule has 24 heavy (non-hydrogen) atoms. The van der Waals surface area contributed by atoms with E-state index in [1.165, 1.54) is 18.3 Å². The maximum absolute atomic E-state index is 13.6. The van der Waals surface area contributed by atoms with Gasteiger partial charge < -0.3 is 15.5 Å². The number of benzene rings is 1. The molecule has 1 aromatic carbocycles. The second-order valence-electron chi connectivity index (χ2n) is 5.40. The second kappa shape index (κ2) is 8.30. The lowest BCUT2D eigenvalue weighted by Gasteiger charge is -2.10. The minimum atomic E-state index is -0.848. The Balaban J connectivity index is 2.01. The zero-order chi connectivity index (χ0) is 17.5. The van der Waals surface area contributed by atoms with Crippen LogP contribution in [0.3, 0.4) is 0 Å². The van der Waals surface area contributed by atoms with Crippen molar-refractivity contribution < 1.29 is 13.6 Å². The largest absolute Gasteiger partial charge is 0.354 e. The first-order chi connectivity index (χ1) is 11.5. The van der Waals surface area contributed by atoms with Crippen LogP contribution in [-0.4, -0.2) is 48.0 Å². The van der Waals surface area contributed by atoms with E-state index in [1.54, 1.807) is 0 Å². The molecule has 0 aliphatic rings. The quantitative estimate of drug-likeness (QED) is 0.760. The van der Waals surface area contributed by atoms with E-state index in [0.717, 1.165) is 25.1 Å². The second-order valence-corrected chi connectivity index (χ2v) is 5.40. The van der Waals surface area contributed by atoms with Crippen molar-refractivity contribution in [3.63, 3.8) is 0 Å². The highest BCUT2D eigenvalue weighted by atomic mass is 19.1. The predicted molar refractivity (Wildman–Crippen MR) is 88.0 cm³/mol. The third-order valence-corrected chi connectivity index (χ3v) is 3.15. The van der Waals surface area contributed by atoms with Crippen molar-refractivity contribution >= 4 is 17.5 Å². The van der Waals surface area contributed by atoms with Crippen LogP contribution in [0.5, 0.6) is 0 Å². The van der Waals surface area contributed by atoms with Gasteiger partial charge in [-0.15, -0.1) is 0 Å². The number of nitrogens with one attached hydrogen (secondary N) is 2. The number of nitrogens with zero attached hydrogens (tertiary/aromatic N) is 3. The molecular formula is C16H19F2N5O. The van der Waals surface area contributed by atoms with Crippen molar-refractivity contribution in [2.75, 3.05) is 37.8 Å². The van der Waals surface area contributed by atoms with E-state index in [4.69, 9.17) is 0 Å². The first-order valence-corrected chi connectivity index (χ1v) is 7.44. The van der Waals surface area contributed by atoms with Gasteiger partial charge in [0.05, 0.1) is 0 Å². The monoisotopic (exact) mass is 335 g/mol. The van der Waals surface area contributed by atoms with Crippen LogP contribution in [-0.2, 0) is 0 Å². The first-order valence-electron chi connectivity index (χ1n) is 7.44. The highest BCUT2D eigenvalue weighted by Crippen LogP contribution is 2.18. The van der Waals surface area contributed by atoms with Gasteiger partial charge in [-0.2, -0.15) is 0 Å². The zero-order valence-corrected chi connectivity index (χ0v) is 13.5. The van der Waals surface area contributed by atoms with Crippen molar-refractivity contribution in [2.24, 2.45) is 0 Å². The molecule has 128 valence electrons. The van der Waals surface area contributed by atoms with Gasteiger partial charge in [0.2, 0.25) is 5.95 Å². The molecule has 0 saturated heterocycles. The molecule has 1 amide bonds. The van der Waals surface area contributed by atoms with Gasteiger partial charge in [-0.1, -0.05) is 6.07 Å². The van der Waals surface area contributed by atoms with Crippen LogP contribution in [0.25, 0.3) is 0 Å². The SMILES string of the molecule is CN(C)CCCNc1nccc(C(=O)Nc2c(F)cccc2F)n1. The summed E-state index contributed by atoms with van der Waals surface area (Å²) in [6.07, 6.45) is 2.29. The normalized spacial score (nSPS) is 10.7. The average Bonchev–Trinajstić information content (AvgIpc) is 2.55. The molecule has 0 aliphatic carbocycles. The zero-order valence-electron chi connectivity index (χ0n) is 13.5. The summed E-state index contributed by atoms with van der Waals surface area (Å²) < 4.78 is 27.1. The fourth-order valence-corrected chi connectivity index (χ4v) is 1.96. The molecule has 0 aliphatic heterocycles. The lowest BCUT2D eigenvalue weighted by Crippen LogP contribution is -2.19. The first kappa shape index (κ1) is 17.7. The summed E-state index contributed by atoms with van der Waals surface area (Å²) in [6, 6.07) is 4.73. The minimum absolute atomic E-state index is 0.0164. The van der Waals surface area contributed by atoms with E-state index in [0.29, 0.717) is 6.54 Å². The molecule has 2 N–H and O–H groups in total. The van der Waals surface area contributed by atoms with Crippen molar-refractivity contribution in [2.45, 2.75) is 6.42 Å². The van der Waals surface area contributed by atoms with E-state index >= 15 is 0 Å². The van der Waals surface area contributed by atoms with Crippen LogP contribution in [0.1, 0.15) is 16.9 Å². The number of hydrogen-bond acceptors (Lipinski definition) is 5. The number of aromatic nitrogens is 2.